The normalized spacial score (nSPS) is 23.4. The molecule has 0 fully saturated rings. The van der Waals surface area contributed by atoms with Crippen LogP contribution in [0.5, 0.6) is 5.75 Å². The molecular weight excluding hydrogens is 198 g/mol. The first-order chi connectivity index (χ1) is 7.72. The number of rotatable bonds is 2. The molecule has 1 aliphatic rings. The predicted molar refractivity (Wildman–Crippen MR) is 62.3 cm³/mol. The van der Waals surface area contributed by atoms with E-state index in [9.17, 15) is 0 Å². The van der Waals surface area contributed by atoms with Gasteiger partial charge in [-0.1, -0.05) is 30.4 Å². The molecule has 0 heterocycles. The molecule has 0 aromatic heterocycles. The molecule has 79 valence electrons. The van der Waals surface area contributed by atoms with Gasteiger partial charge >= 0.3 is 0 Å². The SMILES string of the molecule is [CH2][C@@]1(C#N)C=CC=C(Oc2ccccc2)C1. The van der Waals surface area contributed by atoms with E-state index >= 15 is 0 Å². The fourth-order valence-corrected chi connectivity index (χ4v) is 1.56. The number of nitriles is 1. The minimum absolute atomic E-state index is 0.509. The van der Waals surface area contributed by atoms with Crippen LogP contribution in [0.15, 0.2) is 54.3 Å². The Morgan fingerprint density at radius 1 is 1.31 bits per heavy atom. The number of nitrogens with zero attached hydrogens (tertiary/aromatic N) is 1. The highest BCUT2D eigenvalue weighted by Gasteiger charge is 2.25. The van der Waals surface area contributed by atoms with Crippen molar-refractivity contribution in [3.8, 4) is 11.8 Å². The summed E-state index contributed by atoms with van der Waals surface area (Å²) in [5.74, 6) is 1.55. The quantitative estimate of drug-likeness (QED) is 0.750. The first-order valence-electron chi connectivity index (χ1n) is 5.10. The highest BCUT2D eigenvalue weighted by Crippen LogP contribution is 2.31. The highest BCUT2D eigenvalue weighted by molar-refractivity contribution is 5.31. The highest BCUT2D eigenvalue weighted by atomic mass is 16.5. The van der Waals surface area contributed by atoms with E-state index in [4.69, 9.17) is 10.00 Å². The molecule has 1 radical (unpaired) electrons. The fourth-order valence-electron chi connectivity index (χ4n) is 1.56. The van der Waals surface area contributed by atoms with Gasteiger partial charge in [-0.15, -0.1) is 0 Å². The van der Waals surface area contributed by atoms with Crippen LogP contribution in [0.1, 0.15) is 6.42 Å². The van der Waals surface area contributed by atoms with Crippen LogP contribution in [0.2, 0.25) is 0 Å². The molecule has 2 nitrogen and oxygen atoms in total. The Morgan fingerprint density at radius 3 is 2.75 bits per heavy atom. The zero-order valence-electron chi connectivity index (χ0n) is 8.89. The van der Waals surface area contributed by atoms with Crippen LogP contribution in [0.3, 0.4) is 0 Å². The van der Waals surface area contributed by atoms with E-state index in [1.165, 1.54) is 0 Å². The molecule has 0 amide bonds. The molecule has 0 unspecified atom stereocenters. The molecule has 1 aromatic rings. The molecule has 16 heavy (non-hydrogen) atoms. The average molecular weight is 210 g/mol. The maximum Gasteiger partial charge on any atom is 0.126 e. The van der Waals surface area contributed by atoms with Crippen molar-refractivity contribution in [3.63, 3.8) is 0 Å². The molecule has 1 aromatic carbocycles. The van der Waals surface area contributed by atoms with Gasteiger partial charge in [0.25, 0.3) is 0 Å². The van der Waals surface area contributed by atoms with E-state index in [1.54, 1.807) is 6.08 Å². The van der Waals surface area contributed by atoms with Gasteiger partial charge in [0, 0.05) is 6.42 Å². The van der Waals surface area contributed by atoms with Gasteiger partial charge in [0.15, 0.2) is 0 Å². The number of benzene rings is 1. The summed E-state index contributed by atoms with van der Waals surface area (Å²) in [6, 6.07) is 11.7. The standard InChI is InChI=1S/C14H12NO/c1-14(11-15)9-5-8-13(10-14)16-12-6-3-2-4-7-12/h2-9H,1,10H2/t14-/m1/s1. The second-order valence-electron chi connectivity index (χ2n) is 3.85. The molecule has 2 rings (SSSR count). The number of hydrogen-bond acceptors (Lipinski definition) is 2. The molecule has 1 atom stereocenters. The van der Waals surface area contributed by atoms with Crippen molar-refractivity contribution in [3.05, 3.63) is 61.2 Å². The molecule has 0 saturated heterocycles. The Hall–Kier alpha value is -2.01. The first-order valence-corrected chi connectivity index (χ1v) is 5.10. The third-order valence-electron chi connectivity index (χ3n) is 2.40. The smallest absolute Gasteiger partial charge is 0.126 e. The van der Waals surface area contributed by atoms with Crippen LogP contribution in [0.4, 0.5) is 0 Å². The summed E-state index contributed by atoms with van der Waals surface area (Å²) in [7, 11) is 0. The lowest BCUT2D eigenvalue weighted by molar-refractivity contribution is 0.372. The van der Waals surface area contributed by atoms with Gasteiger partial charge in [0.2, 0.25) is 0 Å². The van der Waals surface area contributed by atoms with Crippen LogP contribution >= 0.6 is 0 Å². The summed E-state index contributed by atoms with van der Waals surface area (Å²) in [4.78, 5) is 0. The van der Waals surface area contributed by atoms with Crippen molar-refractivity contribution in [2.24, 2.45) is 5.41 Å². The van der Waals surface area contributed by atoms with Gasteiger partial charge in [-0.2, -0.15) is 5.26 Å². The predicted octanol–water partition coefficient (Wildman–Crippen LogP) is 3.25. The monoisotopic (exact) mass is 210 g/mol. The fraction of sp³-hybridized carbons (Fsp3) is 0.143. The molecule has 0 saturated carbocycles. The molecular formula is C14H12NO. The van der Waals surface area contributed by atoms with Gasteiger partial charge in [-0.25, -0.2) is 0 Å². The summed E-state index contributed by atoms with van der Waals surface area (Å²) in [5.41, 5.74) is -0.696. The number of para-hydroxylation sites is 1. The van der Waals surface area contributed by atoms with E-state index in [1.807, 2.05) is 42.5 Å². The van der Waals surface area contributed by atoms with Crippen molar-refractivity contribution < 1.29 is 4.74 Å². The molecule has 0 N–H and O–H groups in total. The van der Waals surface area contributed by atoms with E-state index in [2.05, 4.69) is 13.0 Å². The molecule has 0 aliphatic heterocycles. The Labute approximate surface area is 95.5 Å². The lowest BCUT2D eigenvalue weighted by Gasteiger charge is -2.22. The molecule has 2 heteroatoms. The van der Waals surface area contributed by atoms with Crippen LogP contribution in [0, 0.1) is 23.7 Å². The van der Waals surface area contributed by atoms with E-state index in [0.29, 0.717) is 6.42 Å². The zero-order valence-corrected chi connectivity index (χ0v) is 8.89. The summed E-state index contributed by atoms with van der Waals surface area (Å²) in [6.07, 6.45) is 5.99. The van der Waals surface area contributed by atoms with Crippen molar-refractivity contribution in [1.29, 1.82) is 5.26 Å². The number of hydrogen-bond donors (Lipinski definition) is 0. The van der Waals surface area contributed by atoms with Crippen molar-refractivity contribution in [2.75, 3.05) is 0 Å². The minimum Gasteiger partial charge on any atom is -0.462 e. The lowest BCUT2D eigenvalue weighted by atomic mass is 9.84. The summed E-state index contributed by atoms with van der Waals surface area (Å²) >= 11 is 0. The average Bonchev–Trinajstić information content (AvgIpc) is 2.30. The number of ether oxygens (including phenoxy) is 1. The van der Waals surface area contributed by atoms with Crippen molar-refractivity contribution in [2.45, 2.75) is 6.42 Å². The van der Waals surface area contributed by atoms with Crippen LogP contribution in [-0.4, -0.2) is 0 Å². The Morgan fingerprint density at radius 2 is 2.06 bits per heavy atom. The lowest BCUT2D eigenvalue weighted by Crippen LogP contribution is -2.16. The van der Waals surface area contributed by atoms with Gasteiger partial charge < -0.3 is 4.74 Å². The topological polar surface area (TPSA) is 33.0 Å². The maximum absolute atomic E-state index is 8.99. The second kappa shape index (κ2) is 4.24. The Bertz CT molecular complexity index is 467. The molecule has 1 aliphatic carbocycles. The van der Waals surface area contributed by atoms with Gasteiger partial charge in [0.05, 0.1) is 11.5 Å². The van der Waals surface area contributed by atoms with Gasteiger partial charge in [-0.05, 0) is 25.1 Å². The van der Waals surface area contributed by atoms with E-state index in [-0.39, 0.29) is 0 Å². The summed E-state index contributed by atoms with van der Waals surface area (Å²) < 4.78 is 5.67. The Balaban J connectivity index is 2.11. The van der Waals surface area contributed by atoms with Gasteiger partial charge in [-0.3, -0.25) is 0 Å². The second-order valence-corrected chi connectivity index (χ2v) is 3.85. The first kappa shape index (κ1) is 10.5. The van der Waals surface area contributed by atoms with Crippen molar-refractivity contribution >= 4 is 0 Å². The third-order valence-corrected chi connectivity index (χ3v) is 2.40. The third kappa shape index (κ3) is 2.32. The van der Waals surface area contributed by atoms with Crippen LogP contribution in [-0.2, 0) is 0 Å². The number of allylic oxidation sites excluding steroid dienone is 4. The maximum atomic E-state index is 8.99. The van der Waals surface area contributed by atoms with E-state index < -0.39 is 5.41 Å². The largest absolute Gasteiger partial charge is 0.462 e. The summed E-state index contributed by atoms with van der Waals surface area (Å²) in [6.45, 7) is 3.87. The van der Waals surface area contributed by atoms with Crippen LogP contribution in [0.25, 0.3) is 0 Å². The summed E-state index contributed by atoms with van der Waals surface area (Å²) in [5, 5.41) is 8.99. The minimum atomic E-state index is -0.696. The molecule has 0 spiro atoms. The van der Waals surface area contributed by atoms with E-state index in [0.717, 1.165) is 11.5 Å². The zero-order chi connectivity index (χ0) is 11.4. The van der Waals surface area contributed by atoms with Gasteiger partial charge in [0.1, 0.15) is 11.5 Å². The van der Waals surface area contributed by atoms with Crippen LogP contribution < -0.4 is 4.74 Å². The van der Waals surface area contributed by atoms with Crippen molar-refractivity contribution in [1.82, 2.24) is 0 Å². The molecule has 0 bridgehead atoms. The Kier molecular flexibility index (Phi) is 2.78.